The molecule has 0 bridgehead atoms. The van der Waals surface area contributed by atoms with Crippen molar-refractivity contribution >= 4 is 15.5 Å². The van der Waals surface area contributed by atoms with Crippen LogP contribution in [0.25, 0.3) is 0 Å². The number of nitrogens with one attached hydrogen (secondary N) is 1. The van der Waals surface area contributed by atoms with Gasteiger partial charge in [-0.15, -0.1) is 0 Å². The number of benzene rings is 1. The van der Waals surface area contributed by atoms with Gasteiger partial charge in [-0.1, -0.05) is 0 Å². The van der Waals surface area contributed by atoms with E-state index in [2.05, 4.69) is 5.32 Å². The number of methoxy groups -OCH3 is 1. The van der Waals surface area contributed by atoms with Crippen molar-refractivity contribution in [2.24, 2.45) is 0 Å². The van der Waals surface area contributed by atoms with Crippen LogP contribution in [0.3, 0.4) is 0 Å². The molecule has 0 aromatic heterocycles. The molecule has 1 unspecified atom stereocenters. The standard InChI is InChI=1S/C13H21NO5S/c1-18-7-8-19-10-12(15)9-14-11-3-5-13(6-4-11)20(2,16)17/h3-6,12,14-15H,7-10H2,1-2H3. The van der Waals surface area contributed by atoms with Gasteiger partial charge in [0, 0.05) is 25.6 Å². The second kappa shape index (κ2) is 8.21. The molecular formula is C13H21NO5S. The average molecular weight is 303 g/mol. The Morgan fingerprint density at radius 3 is 2.45 bits per heavy atom. The maximum atomic E-state index is 11.3. The first-order valence-electron chi connectivity index (χ1n) is 6.22. The summed E-state index contributed by atoms with van der Waals surface area (Å²) in [6.45, 7) is 1.48. The van der Waals surface area contributed by atoms with E-state index in [0.29, 0.717) is 19.8 Å². The van der Waals surface area contributed by atoms with Crippen LogP contribution in [0, 0.1) is 0 Å². The lowest BCUT2D eigenvalue weighted by Gasteiger charge is -2.13. The van der Waals surface area contributed by atoms with Crippen LogP contribution in [0.4, 0.5) is 5.69 Å². The number of aliphatic hydroxyl groups excluding tert-OH is 1. The van der Waals surface area contributed by atoms with Gasteiger partial charge in [-0.05, 0) is 24.3 Å². The Bertz CT molecular complexity index is 486. The van der Waals surface area contributed by atoms with Crippen molar-refractivity contribution in [1.82, 2.24) is 0 Å². The van der Waals surface area contributed by atoms with Gasteiger partial charge in [0.2, 0.25) is 0 Å². The zero-order chi connectivity index (χ0) is 15.0. The summed E-state index contributed by atoms with van der Waals surface area (Å²) in [5.74, 6) is 0. The van der Waals surface area contributed by atoms with E-state index >= 15 is 0 Å². The molecule has 1 aromatic rings. The average Bonchev–Trinajstić information content (AvgIpc) is 2.41. The molecule has 2 N–H and O–H groups in total. The molecular weight excluding hydrogens is 282 g/mol. The highest BCUT2D eigenvalue weighted by Crippen LogP contribution is 2.13. The highest BCUT2D eigenvalue weighted by Gasteiger charge is 2.07. The normalized spacial score (nSPS) is 13.2. The van der Waals surface area contributed by atoms with E-state index in [1.807, 2.05) is 0 Å². The molecule has 0 spiro atoms. The first-order valence-corrected chi connectivity index (χ1v) is 8.11. The lowest BCUT2D eigenvalue weighted by atomic mass is 10.3. The van der Waals surface area contributed by atoms with Crippen LogP contribution in [-0.4, -0.2) is 59.4 Å². The van der Waals surface area contributed by atoms with Gasteiger partial charge >= 0.3 is 0 Å². The van der Waals surface area contributed by atoms with Crippen LogP contribution < -0.4 is 5.32 Å². The van der Waals surface area contributed by atoms with Gasteiger partial charge in [-0.3, -0.25) is 0 Å². The summed E-state index contributed by atoms with van der Waals surface area (Å²) in [4.78, 5) is 0.270. The number of rotatable bonds is 9. The maximum absolute atomic E-state index is 11.3. The van der Waals surface area contributed by atoms with Gasteiger partial charge in [-0.2, -0.15) is 0 Å². The number of ether oxygens (including phenoxy) is 2. The molecule has 1 aromatic carbocycles. The van der Waals surface area contributed by atoms with Crippen molar-refractivity contribution in [3.05, 3.63) is 24.3 Å². The number of sulfone groups is 1. The molecule has 0 aliphatic heterocycles. The molecule has 114 valence electrons. The first kappa shape index (κ1) is 16.9. The quantitative estimate of drug-likeness (QED) is 0.647. The van der Waals surface area contributed by atoms with Crippen molar-refractivity contribution in [1.29, 1.82) is 0 Å². The number of hydrogen-bond donors (Lipinski definition) is 2. The molecule has 20 heavy (non-hydrogen) atoms. The number of aliphatic hydroxyl groups is 1. The molecule has 0 radical (unpaired) electrons. The van der Waals surface area contributed by atoms with Crippen LogP contribution in [0.2, 0.25) is 0 Å². The highest BCUT2D eigenvalue weighted by atomic mass is 32.2. The molecule has 0 fully saturated rings. The zero-order valence-electron chi connectivity index (χ0n) is 11.7. The lowest BCUT2D eigenvalue weighted by molar-refractivity contribution is 0.0182. The first-order chi connectivity index (χ1) is 9.43. The Labute approximate surface area is 119 Å². The van der Waals surface area contributed by atoms with Gasteiger partial charge in [0.25, 0.3) is 0 Å². The van der Waals surface area contributed by atoms with E-state index < -0.39 is 15.9 Å². The van der Waals surface area contributed by atoms with Gasteiger partial charge < -0.3 is 19.9 Å². The zero-order valence-corrected chi connectivity index (χ0v) is 12.5. The molecule has 1 rings (SSSR count). The summed E-state index contributed by atoms with van der Waals surface area (Å²) in [5.41, 5.74) is 0.744. The largest absolute Gasteiger partial charge is 0.389 e. The summed E-state index contributed by atoms with van der Waals surface area (Å²) >= 11 is 0. The third kappa shape index (κ3) is 6.33. The van der Waals surface area contributed by atoms with E-state index in [-0.39, 0.29) is 11.5 Å². The van der Waals surface area contributed by atoms with E-state index in [1.165, 1.54) is 12.1 Å². The van der Waals surface area contributed by atoms with E-state index in [0.717, 1.165) is 11.9 Å². The van der Waals surface area contributed by atoms with Gasteiger partial charge in [0.1, 0.15) is 0 Å². The van der Waals surface area contributed by atoms with Crippen LogP contribution >= 0.6 is 0 Å². The fourth-order valence-electron chi connectivity index (χ4n) is 1.48. The predicted molar refractivity (Wildman–Crippen MR) is 76.7 cm³/mol. The fraction of sp³-hybridized carbons (Fsp3) is 0.538. The SMILES string of the molecule is COCCOCC(O)CNc1ccc(S(C)(=O)=O)cc1. The third-order valence-electron chi connectivity index (χ3n) is 2.57. The molecule has 0 aliphatic rings. The van der Waals surface area contributed by atoms with E-state index in [1.54, 1.807) is 19.2 Å². The minimum Gasteiger partial charge on any atom is -0.389 e. The number of hydrogen-bond acceptors (Lipinski definition) is 6. The Kier molecular flexibility index (Phi) is 6.94. The van der Waals surface area contributed by atoms with Crippen molar-refractivity contribution in [3.8, 4) is 0 Å². The van der Waals surface area contributed by atoms with Crippen molar-refractivity contribution in [2.75, 3.05) is 45.0 Å². The minimum atomic E-state index is -3.18. The summed E-state index contributed by atoms with van der Waals surface area (Å²) in [6, 6.07) is 6.38. The van der Waals surface area contributed by atoms with Gasteiger partial charge in [0.05, 0.1) is 30.8 Å². The predicted octanol–water partition coefficient (Wildman–Crippen LogP) is 0.526. The Hall–Kier alpha value is -1.15. The fourth-order valence-corrected chi connectivity index (χ4v) is 2.11. The Morgan fingerprint density at radius 2 is 1.90 bits per heavy atom. The Balaban J connectivity index is 2.35. The smallest absolute Gasteiger partial charge is 0.175 e. The summed E-state index contributed by atoms with van der Waals surface area (Å²) < 4.78 is 32.6. The van der Waals surface area contributed by atoms with E-state index in [4.69, 9.17) is 9.47 Å². The van der Waals surface area contributed by atoms with Crippen molar-refractivity contribution in [3.63, 3.8) is 0 Å². The molecule has 0 aliphatic carbocycles. The maximum Gasteiger partial charge on any atom is 0.175 e. The van der Waals surface area contributed by atoms with E-state index in [9.17, 15) is 13.5 Å². The van der Waals surface area contributed by atoms with Crippen LogP contribution in [0.1, 0.15) is 0 Å². The van der Waals surface area contributed by atoms with Gasteiger partial charge in [-0.25, -0.2) is 8.42 Å². The molecule has 6 nitrogen and oxygen atoms in total. The second-order valence-corrected chi connectivity index (χ2v) is 6.41. The molecule has 1 atom stereocenters. The lowest BCUT2D eigenvalue weighted by Crippen LogP contribution is -2.25. The Morgan fingerprint density at radius 1 is 1.25 bits per heavy atom. The van der Waals surface area contributed by atoms with Crippen molar-refractivity contribution in [2.45, 2.75) is 11.0 Å². The third-order valence-corrected chi connectivity index (χ3v) is 3.69. The number of anilines is 1. The molecule has 7 heteroatoms. The highest BCUT2D eigenvalue weighted by molar-refractivity contribution is 7.90. The topological polar surface area (TPSA) is 84.9 Å². The summed E-state index contributed by atoms with van der Waals surface area (Å²) in [6.07, 6.45) is 0.526. The molecule has 0 saturated heterocycles. The van der Waals surface area contributed by atoms with Crippen molar-refractivity contribution < 1.29 is 23.0 Å². The second-order valence-electron chi connectivity index (χ2n) is 4.40. The molecule has 0 amide bonds. The molecule has 0 heterocycles. The molecule has 0 saturated carbocycles. The minimum absolute atomic E-state index is 0.220. The van der Waals surface area contributed by atoms with Gasteiger partial charge in [0.15, 0.2) is 9.84 Å². The van der Waals surface area contributed by atoms with Crippen LogP contribution in [-0.2, 0) is 19.3 Å². The monoisotopic (exact) mass is 303 g/mol. The summed E-state index contributed by atoms with van der Waals surface area (Å²) in [5, 5.41) is 12.7. The summed E-state index contributed by atoms with van der Waals surface area (Å²) in [7, 11) is -1.59. The van der Waals surface area contributed by atoms with Crippen LogP contribution in [0.5, 0.6) is 0 Å². The van der Waals surface area contributed by atoms with Crippen LogP contribution in [0.15, 0.2) is 29.2 Å².